The first-order chi connectivity index (χ1) is 6.44. The molecule has 0 aromatic rings. The molecule has 0 aromatic heterocycles. The first-order valence-electron chi connectivity index (χ1n) is 4.43. The van der Waals surface area contributed by atoms with Gasteiger partial charge in [-0.3, -0.25) is 9.59 Å². The lowest BCUT2D eigenvalue weighted by Crippen LogP contribution is -2.42. The summed E-state index contributed by atoms with van der Waals surface area (Å²) in [7, 11) is 3.02. The summed E-state index contributed by atoms with van der Waals surface area (Å²) in [6.07, 6.45) is 0. The number of ether oxygens (including phenoxy) is 1. The summed E-state index contributed by atoms with van der Waals surface area (Å²) in [5.41, 5.74) is -0.682. The van der Waals surface area contributed by atoms with Crippen molar-refractivity contribution in [3.8, 4) is 0 Å². The third kappa shape index (κ3) is 4.23. The van der Waals surface area contributed by atoms with Crippen LogP contribution in [-0.2, 0) is 14.3 Å². The van der Waals surface area contributed by atoms with Crippen molar-refractivity contribution in [2.75, 3.05) is 27.2 Å². The van der Waals surface area contributed by atoms with Gasteiger partial charge in [-0.25, -0.2) is 0 Å². The number of likely N-dealkylation sites (N-methyl/N-ethyl adjacent to an activating group) is 1. The number of methoxy groups -OCH3 is 1. The van der Waals surface area contributed by atoms with Crippen molar-refractivity contribution in [2.45, 2.75) is 13.8 Å². The number of hydrogen-bond donors (Lipinski definition) is 2. The van der Waals surface area contributed by atoms with E-state index in [9.17, 15) is 9.59 Å². The fourth-order valence-corrected chi connectivity index (χ4v) is 0.891. The fourth-order valence-electron chi connectivity index (χ4n) is 0.891. The van der Waals surface area contributed by atoms with Crippen molar-refractivity contribution in [2.24, 2.45) is 5.41 Å². The highest BCUT2D eigenvalue weighted by Crippen LogP contribution is 2.14. The van der Waals surface area contributed by atoms with Gasteiger partial charge in [-0.05, 0) is 20.9 Å². The summed E-state index contributed by atoms with van der Waals surface area (Å²) in [6, 6.07) is 0. The maximum absolute atomic E-state index is 11.2. The molecule has 2 N–H and O–H groups in total. The van der Waals surface area contributed by atoms with E-state index in [-0.39, 0.29) is 25.0 Å². The van der Waals surface area contributed by atoms with E-state index in [1.807, 2.05) is 0 Å². The number of esters is 1. The summed E-state index contributed by atoms with van der Waals surface area (Å²) in [6.45, 7) is 3.97. The van der Waals surface area contributed by atoms with Crippen LogP contribution >= 0.6 is 0 Å². The molecule has 5 nitrogen and oxygen atoms in total. The topological polar surface area (TPSA) is 67.4 Å². The molecule has 0 aliphatic rings. The Kier molecular flexibility index (Phi) is 5.15. The molecular formula is C9H18N2O3. The highest BCUT2D eigenvalue weighted by Gasteiger charge is 2.28. The van der Waals surface area contributed by atoms with Gasteiger partial charge in [0.2, 0.25) is 5.91 Å². The van der Waals surface area contributed by atoms with Crippen LogP contribution in [0.4, 0.5) is 0 Å². The van der Waals surface area contributed by atoms with Crippen molar-refractivity contribution < 1.29 is 14.3 Å². The third-order valence-corrected chi connectivity index (χ3v) is 1.80. The Labute approximate surface area is 84.2 Å². The number of hydrogen-bond acceptors (Lipinski definition) is 4. The lowest BCUT2D eigenvalue weighted by molar-refractivity contribution is -0.150. The van der Waals surface area contributed by atoms with Gasteiger partial charge in [-0.15, -0.1) is 0 Å². The molecule has 0 fully saturated rings. The Morgan fingerprint density at radius 2 is 1.93 bits per heavy atom. The normalized spacial score (nSPS) is 10.9. The monoisotopic (exact) mass is 202 g/mol. The van der Waals surface area contributed by atoms with Crippen molar-refractivity contribution in [1.29, 1.82) is 0 Å². The number of amides is 1. The summed E-state index contributed by atoms with van der Waals surface area (Å²) in [4.78, 5) is 22.3. The van der Waals surface area contributed by atoms with Gasteiger partial charge >= 0.3 is 5.97 Å². The summed E-state index contributed by atoms with van der Waals surface area (Å²) in [5.74, 6) is -0.466. The molecule has 0 unspecified atom stereocenters. The van der Waals surface area contributed by atoms with Gasteiger partial charge in [0.15, 0.2) is 0 Å². The van der Waals surface area contributed by atoms with Crippen LogP contribution in [0.1, 0.15) is 13.8 Å². The summed E-state index contributed by atoms with van der Waals surface area (Å²) >= 11 is 0. The Morgan fingerprint density at radius 3 is 2.36 bits per heavy atom. The predicted octanol–water partition coefficient (Wildman–Crippen LogP) is -0.479. The summed E-state index contributed by atoms with van der Waals surface area (Å²) < 4.78 is 4.60. The van der Waals surface area contributed by atoms with Crippen molar-refractivity contribution >= 4 is 11.9 Å². The molecular weight excluding hydrogens is 184 g/mol. The quantitative estimate of drug-likeness (QED) is 0.591. The molecule has 0 radical (unpaired) electrons. The second kappa shape index (κ2) is 5.59. The van der Waals surface area contributed by atoms with Gasteiger partial charge in [-0.2, -0.15) is 0 Å². The lowest BCUT2D eigenvalue weighted by atomic mass is 9.94. The van der Waals surface area contributed by atoms with Gasteiger partial charge in [0.25, 0.3) is 0 Å². The van der Waals surface area contributed by atoms with Crippen LogP contribution in [0.25, 0.3) is 0 Å². The number of nitrogens with one attached hydrogen (secondary N) is 2. The molecule has 0 saturated heterocycles. The number of carbonyl (C=O) groups excluding carboxylic acids is 2. The zero-order valence-electron chi connectivity index (χ0n) is 9.14. The second-order valence-electron chi connectivity index (χ2n) is 3.68. The smallest absolute Gasteiger partial charge is 0.313 e. The van der Waals surface area contributed by atoms with Gasteiger partial charge < -0.3 is 15.4 Å². The molecule has 0 heterocycles. The van der Waals surface area contributed by atoms with E-state index in [0.29, 0.717) is 0 Å². The van der Waals surface area contributed by atoms with E-state index in [2.05, 4.69) is 15.4 Å². The van der Waals surface area contributed by atoms with Crippen LogP contribution in [-0.4, -0.2) is 39.1 Å². The van der Waals surface area contributed by atoms with Crippen molar-refractivity contribution in [3.63, 3.8) is 0 Å². The van der Waals surface area contributed by atoms with Crippen molar-refractivity contribution in [1.82, 2.24) is 10.6 Å². The maximum Gasteiger partial charge on any atom is 0.313 e. The van der Waals surface area contributed by atoms with Crippen LogP contribution in [0.3, 0.4) is 0 Å². The standard InChI is InChI=1S/C9H18N2O3/c1-9(2,8(13)14-4)6-11-7(12)5-10-3/h10H,5-6H2,1-4H3,(H,11,12). The first-order valence-corrected chi connectivity index (χ1v) is 4.43. The molecule has 0 atom stereocenters. The maximum atomic E-state index is 11.2. The largest absolute Gasteiger partial charge is 0.469 e. The molecule has 14 heavy (non-hydrogen) atoms. The minimum Gasteiger partial charge on any atom is -0.469 e. The minimum absolute atomic E-state index is 0.135. The summed E-state index contributed by atoms with van der Waals surface area (Å²) in [5, 5.41) is 5.36. The number of carbonyl (C=O) groups is 2. The highest BCUT2D eigenvalue weighted by atomic mass is 16.5. The SMILES string of the molecule is CNCC(=O)NCC(C)(C)C(=O)OC. The average molecular weight is 202 g/mol. The Hall–Kier alpha value is -1.10. The zero-order chi connectivity index (χ0) is 11.2. The van der Waals surface area contributed by atoms with Gasteiger partial charge in [0.1, 0.15) is 0 Å². The van der Waals surface area contributed by atoms with E-state index in [1.165, 1.54) is 7.11 Å². The number of rotatable bonds is 5. The van der Waals surface area contributed by atoms with E-state index in [0.717, 1.165) is 0 Å². The van der Waals surface area contributed by atoms with Gasteiger partial charge in [0, 0.05) is 6.54 Å². The van der Waals surface area contributed by atoms with Crippen molar-refractivity contribution in [3.05, 3.63) is 0 Å². The highest BCUT2D eigenvalue weighted by molar-refractivity contribution is 5.80. The average Bonchev–Trinajstić information content (AvgIpc) is 2.14. The Bertz CT molecular complexity index is 214. The van der Waals surface area contributed by atoms with Crippen LogP contribution in [0.15, 0.2) is 0 Å². The van der Waals surface area contributed by atoms with E-state index >= 15 is 0 Å². The molecule has 0 bridgehead atoms. The van der Waals surface area contributed by atoms with Gasteiger partial charge in [0.05, 0.1) is 19.1 Å². The molecule has 0 aliphatic carbocycles. The lowest BCUT2D eigenvalue weighted by Gasteiger charge is -2.21. The van der Waals surface area contributed by atoms with Crippen LogP contribution in [0.2, 0.25) is 0 Å². The molecule has 0 aromatic carbocycles. The Balaban J connectivity index is 3.98. The van der Waals surface area contributed by atoms with E-state index < -0.39 is 5.41 Å². The Morgan fingerprint density at radius 1 is 1.36 bits per heavy atom. The predicted molar refractivity (Wildman–Crippen MR) is 52.7 cm³/mol. The van der Waals surface area contributed by atoms with Crippen LogP contribution in [0, 0.1) is 5.41 Å². The zero-order valence-corrected chi connectivity index (χ0v) is 9.14. The molecule has 82 valence electrons. The fraction of sp³-hybridized carbons (Fsp3) is 0.778. The third-order valence-electron chi connectivity index (χ3n) is 1.80. The van der Waals surface area contributed by atoms with Crippen LogP contribution in [0.5, 0.6) is 0 Å². The minimum atomic E-state index is -0.682. The molecule has 0 rings (SSSR count). The second-order valence-corrected chi connectivity index (χ2v) is 3.68. The molecule has 0 saturated carbocycles. The molecule has 5 heteroatoms. The first kappa shape index (κ1) is 12.9. The molecule has 1 amide bonds. The van der Waals surface area contributed by atoms with Gasteiger partial charge in [-0.1, -0.05) is 0 Å². The molecule has 0 spiro atoms. The van der Waals surface area contributed by atoms with E-state index in [1.54, 1.807) is 20.9 Å². The molecule has 0 aliphatic heterocycles. The van der Waals surface area contributed by atoms with E-state index in [4.69, 9.17) is 0 Å². The van der Waals surface area contributed by atoms with Crippen LogP contribution < -0.4 is 10.6 Å².